The quantitative estimate of drug-likeness (QED) is 0.626. The van der Waals surface area contributed by atoms with Crippen LogP contribution in [0.4, 0.5) is 0 Å². The molecule has 7 heteroatoms. The summed E-state index contributed by atoms with van der Waals surface area (Å²) < 4.78 is 16.0. The van der Waals surface area contributed by atoms with Gasteiger partial charge in [-0.05, 0) is 29.3 Å². The van der Waals surface area contributed by atoms with Gasteiger partial charge in [0, 0.05) is 31.6 Å². The number of carbonyl (C=O) groups is 1. The van der Waals surface area contributed by atoms with Crippen molar-refractivity contribution < 1.29 is 18.7 Å². The summed E-state index contributed by atoms with van der Waals surface area (Å²) in [7, 11) is 4.85. The maximum Gasteiger partial charge on any atom is 0.336 e. The number of hydrogen-bond acceptors (Lipinski definition) is 5. The molecule has 0 aliphatic carbocycles. The Morgan fingerprint density at radius 2 is 1.85 bits per heavy atom. The third-order valence-electron chi connectivity index (χ3n) is 4.05. The lowest BCUT2D eigenvalue weighted by atomic mass is 10.0. The number of hydrogen-bond donors (Lipinski definition) is 0. The average molecular weight is 388 g/mol. The Bertz CT molecular complexity index is 1040. The molecule has 6 nitrogen and oxygen atoms in total. The Morgan fingerprint density at radius 3 is 2.48 bits per heavy atom. The number of halogens is 1. The van der Waals surface area contributed by atoms with Crippen molar-refractivity contribution in [3.8, 4) is 22.6 Å². The highest BCUT2D eigenvalue weighted by Crippen LogP contribution is 2.35. The van der Waals surface area contributed by atoms with E-state index in [-0.39, 0.29) is 18.3 Å². The number of benzene rings is 2. The van der Waals surface area contributed by atoms with E-state index in [0.717, 1.165) is 5.56 Å². The standard InChI is InChI=1S/C20H18ClNO5/c1-22(2)19(23)11-26-18-10-17-15(8-16(18)21)14(9-20(24)27-17)12-4-6-13(25-3)7-5-12/h4-10H,11H2,1-3H3. The smallest absolute Gasteiger partial charge is 0.336 e. The summed E-state index contributed by atoms with van der Waals surface area (Å²) in [4.78, 5) is 25.2. The molecule has 1 aromatic heterocycles. The highest BCUT2D eigenvalue weighted by atomic mass is 35.5. The van der Waals surface area contributed by atoms with Crippen LogP contribution in [0.2, 0.25) is 5.02 Å². The molecular weight excluding hydrogens is 370 g/mol. The molecule has 0 radical (unpaired) electrons. The zero-order chi connectivity index (χ0) is 19.6. The second kappa shape index (κ2) is 7.72. The first-order valence-corrected chi connectivity index (χ1v) is 8.51. The van der Waals surface area contributed by atoms with Crippen LogP contribution in [0.25, 0.3) is 22.1 Å². The van der Waals surface area contributed by atoms with E-state index in [2.05, 4.69) is 0 Å². The molecule has 0 aliphatic rings. The summed E-state index contributed by atoms with van der Waals surface area (Å²) in [5, 5.41) is 0.980. The molecule has 0 aliphatic heterocycles. The Labute approximate surface area is 160 Å². The summed E-state index contributed by atoms with van der Waals surface area (Å²) in [5.41, 5.74) is 1.33. The molecule has 140 valence electrons. The molecule has 0 N–H and O–H groups in total. The number of methoxy groups -OCH3 is 1. The molecule has 1 heterocycles. The first-order chi connectivity index (χ1) is 12.9. The number of nitrogens with zero attached hydrogens (tertiary/aromatic N) is 1. The van der Waals surface area contributed by atoms with Gasteiger partial charge in [0.25, 0.3) is 5.91 Å². The Balaban J connectivity index is 2.05. The fraction of sp³-hybridized carbons (Fsp3) is 0.200. The average Bonchev–Trinajstić information content (AvgIpc) is 2.66. The lowest BCUT2D eigenvalue weighted by Crippen LogP contribution is -2.27. The third kappa shape index (κ3) is 4.06. The van der Waals surface area contributed by atoms with E-state index in [0.29, 0.717) is 27.3 Å². The minimum absolute atomic E-state index is 0.166. The molecule has 0 spiro atoms. The van der Waals surface area contributed by atoms with Gasteiger partial charge in [0.05, 0.1) is 12.1 Å². The fourth-order valence-electron chi connectivity index (χ4n) is 2.55. The van der Waals surface area contributed by atoms with Crippen molar-refractivity contribution in [1.29, 1.82) is 0 Å². The van der Waals surface area contributed by atoms with Gasteiger partial charge in [-0.3, -0.25) is 4.79 Å². The maximum atomic E-state index is 12.0. The van der Waals surface area contributed by atoms with Gasteiger partial charge < -0.3 is 18.8 Å². The Hall–Kier alpha value is -2.99. The van der Waals surface area contributed by atoms with Gasteiger partial charge in [-0.2, -0.15) is 0 Å². The van der Waals surface area contributed by atoms with Crippen LogP contribution in [0.3, 0.4) is 0 Å². The second-order valence-electron chi connectivity index (χ2n) is 6.06. The van der Waals surface area contributed by atoms with Gasteiger partial charge >= 0.3 is 5.63 Å². The number of amides is 1. The predicted octanol–water partition coefficient (Wildman–Crippen LogP) is 3.59. The Morgan fingerprint density at radius 1 is 1.15 bits per heavy atom. The largest absolute Gasteiger partial charge is 0.497 e. The van der Waals surface area contributed by atoms with Gasteiger partial charge in [0.15, 0.2) is 6.61 Å². The normalized spacial score (nSPS) is 10.7. The van der Waals surface area contributed by atoms with Gasteiger partial charge in [-0.15, -0.1) is 0 Å². The minimum atomic E-state index is -0.494. The van der Waals surface area contributed by atoms with Gasteiger partial charge in [0.1, 0.15) is 17.1 Å². The number of carbonyl (C=O) groups excluding carboxylic acids is 1. The molecule has 3 rings (SSSR count). The second-order valence-corrected chi connectivity index (χ2v) is 6.47. The van der Waals surface area contributed by atoms with Gasteiger partial charge in [0.2, 0.25) is 0 Å². The number of fused-ring (bicyclic) bond motifs is 1. The summed E-state index contributed by atoms with van der Waals surface area (Å²) in [6, 6.07) is 11.9. The molecule has 0 bridgehead atoms. The Kier molecular flexibility index (Phi) is 5.37. The number of ether oxygens (including phenoxy) is 2. The van der Waals surface area contributed by atoms with E-state index in [1.807, 2.05) is 24.3 Å². The summed E-state index contributed by atoms with van der Waals surface area (Å²) >= 11 is 6.32. The molecular formula is C20H18ClNO5. The van der Waals surface area contributed by atoms with E-state index in [1.54, 1.807) is 27.3 Å². The molecule has 0 saturated carbocycles. The van der Waals surface area contributed by atoms with Crippen molar-refractivity contribution in [1.82, 2.24) is 4.90 Å². The molecule has 1 amide bonds. The summed E-state index contributed by atoms with van der Waals surface area (Å²) in [5.74, 6) is 0.777. The number of likely N-dealkylation sites (N-methyl/N-ethyl adjacent to an activating group) is 1. The summed E-state index contributed by atoms with van der Waals surface area (Å²) in [6.07, 6.45) is 0. The SMILES string of the molecule is COc1ccc(-c2cc(=O)oc3cc(OCC(=O)N(C)C)c(Cl)cc23)cc1. The molecule has 0 unspecified atom stereocenters. The van der Waals surface area contributed by atoms with Crippen molar-refractivity contribution in [2.75, 3.05) is 27.8 Å². The molecule has 0 fully saturated rings. The molecule has 0 atom stereocenters. The van der Waals surface area contributed by atoms with Crippen LogP contribution in [-0.4, -0.2) is 38.6 Å². The van der Waals surface area contributed by atoms with E-state index < -0.39 is 5.63 Å². The lowest BCUT2D eigenvalue weighted by Gasteiger charge is -2.13. The number of rotatable bonds is 5. The first-order valence-electron chi connectivity index (χ1n) is 8.14. The van der Waals surface area contributed by atoms with Crippen molar-refractivity contribution in [3.63, 3.8) is 0 Å². The fourth-order valence-corrected chi connectivity index (χ4v) is 2.77. The predicted molar refractivity (Wildman–Crippen MR) is 104 cm³/mol. The zero-order valence-corrected chi connectivity index (χ0v) is 15.9. The molecule has 3 aromatic rings. The highest BCUT2D eigenvalue weighted by Gasteiger charge is 2.14. The molecule has 0 saturated heterocycles. The van der Waals surface area contributed by atoms with Crippen molar-refractivity contribution in [3.05, 3.63) is 57.9 Å². The van der Waals surface area contributed by atoms with Crippen LogP contribution in [-0.2, 0) is 4.79 Å². The van der Waals surface area contributed by atoms with E-state index in [9.17, 15) is 9.59 Å². The van der Waals surface area contributed by atoms with Crippen molar-refractivity contribution >= 4 is 28.5 Å². The van der Waals surface area contributed by atoms with E-state index in [1.165, 1.54) is 17.0 Å². The third-order valence-corrected chi connectivity index (χ3v) is 4.34. The van der Waals surface area contributed by atoms with Crippen LogP contribution in [0.1, 0.15) is 0 Å². The highest BCUT2D eigenvalue weighted by molar-refractivity contribution is 6.33. The topological polar surface area (TPSA) is 69.0 Å². The van der Waals surface area contributed by atoms with Crippen LogP contribution in [0.15, 0.2) is 51.7 Å². The van der Waals surface area contributed by atoms with Crippen molar-refractivity contribution in [2.24, 2.45) is 0 Å². The summed E-state index contributed by atoms with van der Waals surface area (Å²) in [6.45, 7) is -0.166. The van der Waals surface area contributed by atoms with Crippen LogP contribution >= 0.6 is 11.6 Å². The van der Waals surface area contributed by atoms with Gasteiger partial charge in [-0.25, -0.2) is 4.79 Å². The van der Waals surface area contributed by atoms with Crippen LogP contribution in [0, 0.1) is 0 Å². The van der Waals surface area contributed by atoms with Crippen molar-refractivity contribution in [2.45, 2.75) is 0 Å². The molecule has 27 heavy (non-hydrogen) atoms. The zero-order valence-electron chi connectivity index (χ0n) is 15.1. The monoisotopic (exact) mass is 387 g/mol. The first kappa shape index (κ1) is 18.8. The van der Waals surface area contributed by atoms with Crippen LogP contribution in [0.5, 0.6) is 11.5 Å². The lowest BCUT2D eigenvalue weighted by molar-refractivity contribution is -0.130. The van der Waals surface area contributed by atoms with Gasteiger partial charge in [-0.1, -0.05) is 23.7 Å². The minimum Gasteiger partial charge on any atom is -0.497 e. The maximum absolute atomic E-state index is 12.0. The van der Waals surface area contributed by atoms with E-state index in [4.69, 9.17) is 25.5 Å². The molecule has 2 aromatic carbocycles. The van der Waals surface area contributed by atoms with E-state index >= 15 is 0 Å². The van der Waals surface area contributed by atoms with Crippen LogP contribution < -0.4 is 15.1 Å².